The van der Waals surface area contributed by atoms with Crippen LogP contribution < -0.4 is 10.6 Å². The molecular formula is C31H44N4O5S2. The van der Waals surface area contributed by atoms with E-state index in [-0.39, 0.29) is 28.6 Å². The van der Waals surface area contributed by atoms with Gasteiger partial charge < -0.3 is 20.3 Å². The molecule has 42 heavy (non-hydrogen) atoms. The highest BCUT2D eigenvalue weighted by molar-refractivity contribution is 8.00. The molecule has 3 fully saturated rings. The number of amides is 4. The topological polar surface area (TPSA) is 108 Å². The smallest absolute Gasteiger partial charge is 0.410 e. The quantitative estimate of drug-likeness (QED) is 0.494. The summed E-state index contributed by atoms with van der Waals surface area (Å²) in [5.41, 5.74) is 0.212. The molecule has 0 radical (unpaired) electrons. The van der Waals surface area contributed by atoms with E-state index in [1.807, 2.05) is 28.8 Å². The average molecular weight is 617 g/mol. The van der Waals surface area contributed by atoms with Gasteiger partial charge in [-0.1, -0.05) is 31.0 Å². The lowest BCUT2D eigenvalue weighted by Crippen LogP contribution is -2.59. The fourth-order valence-electron chi connectivity index (χ4n) is 6.85. The van der Waals surface area contributed by atoms with E-state index in [9.17, 15) is 19.2 Å². The Morgan fingerprint density at radius 2 is 1.76 bits per heavy atom. The maximum atomic E-state index is 14.2. The molecule has 2 saturated heterocycles. The number of fused-ring (bicyclic) bond motifs is 2. The molecule has 1 aromatic carbocycles. The predicted octanol–water partition coefficient (Wildman–Crippen LogP) is 4.70. The Kier molecular flexibility index (Phi) is 9.09. The molecule has 4 aliphatic rings. The maximum Gasteiger partial charge on any atom is 0.410 e. The largest absolute Gasteiger partial charge is 0.444 e. The van der Waals surface area contributed by atoms with Gasteiger partial charge in [-0.3, -0.25) is 19.3 Å². The highest BCUT2D eigenvalue weighted by atomic mass is 32.2. The summed E-state index contributed by atoms with van der Waals surface area (Å²) in [4.78, 5) is 58.6. The van der Waals surface area contributed by atoms with Crippen molar-refractivity contribution in [1.82, 2.24) is 20.4 Å². The van der Waals surface area contributed by atoms with Crippen LogP contribution in [-0.4, -0.2) is 81.3 Å². The first-order valence-corrected chi connectivity index (χ1v) is 17.2. The van der Waals surface area contributed by atoms with Crippen molar-refractivity contribution in [3.05, 3.63) is 29.8 Å². The van der Waals surface area contributed by atoms with Crippen molar-refractivity contribution < 1.29 is 23.9 Å². The number of likely N-dealkylation sites (N-methyl/N-ethyl adjacent to an activating group) is 1. The highest BCUT2D eigenvalue weighted by Crippen LogP contribution is 2.55. The summed E-state index contributed by atoms with van der Waals surface area (Å²) >= 11 is 3.53. The Hall–Kier alpha value is -2.40. The van der Waals surface area contributed by atoms with Crippen molar-refractivity contribution >= 4 is 47.3 Å². The highest BCUT2D eigenvalue weighted by Gasteiger charge is 2.59. The molecule has 1 saturated carbocycles. The van der Waals surface area contributed by atoms with Gasteiger partial charge in [0.05, 0.1) is 11.4 Å². The van der Waals surface area contributed by atoms with E-state index in [2.05, 4.69) is 22.8 Å². The van der Waals surface area contributed by atoms with Crippen LogP contribution in [-0.2, 0) is 19.1 Å². The second-order valence-corrected chi connectivity index (χ2v) is 15.5. The molecular weight excluding hydrogens is 572 g/mol. The number of hydrogen-bond donors (Lipinski definition) is 2. The van der Waals surface area contributed by atoms with E-state index in [0.29, 0.717) is 12.2 Å². The van der Waals surface area contributed by atoms with Crippen LogP contribution in [0.3, 0.4) is 0 Å². The first-order valence-electron chi connectivity index (χ1n) is 15.1. The predicted molar refractivity (Wildman–Crippen MR) is 165 cm³/mol. The van der Waals surface area contributed by atoms with Gasteiger partial charge in [0, 0.05) is 23.1 Å². The van der Waals surface area contributed by atoms with Gasteiger partial charge in [0.1, 0.15) is 23.7 Å². The third kappa shape index (κ3) is 6.27. The number of nitrogens with zero attached hydrogens (tertiary/aromatic N) is 2. The summed E-state index contributed by atoms with van der Waals surface area (Å²) in [6, 6.07) is 5.99. The van der Waals surface area contributed by atoms with Crippen LogP contribution >= 0.6 is 23.5 Å². The second-order valence-electron chi connectivity index (χ2n) is 13.1. The molecule has 5 rings (SSSR count). The molecule has 3 heterocycles. The molecule has 1 spiro atoms. The Balaban J connectivity index is 1.34. The standard InChI is InChI=1S/C31H44N4O5S2/c1-19(34(5)29(39)40-30(2,3)4)26(36)33-22-13-17-42-24-18-31(14-8-9-15-31)25(35(24)28(22)38)27(37)32-21-12-16-41-23-11-7-6-10-20(21)23/h6-7,10-11,19,21-22,24-25H,8-9,12-18H2,1-5H3,(H,32,37)(H,33,36)/t19-,21?,22-,24-,25+/m0/s1. The molecule has 0 bridgehead atoms. The minimum absolute atomic E-state index is 0.0787. The van der Waals surface area contributed by atoms with Crippen molar-refractivity contribution in [1.29, 1.82) is 0 Å². The van der Waals surface area contributed by atoms with Gasteiger partial charge in [-0.25, -0.2) is 4.79 Å². The van der Waals surface area contributed by atoms with Crippen LogP contribution in [0.4, 0.5) is 4.79 Å². The lowest BCUT2D eigenvalue weighted by molar-refractivity contribution is -0.144. The summed E-state index contributed by atoms with van der Waals surface area (Å²) in [6.07, 6.45) is 5.49. The van der Waals surface area contributed by atoms with E-state index in [4.69, 9.17) is 4.74 Å². The van der Waals surface area contributed by atoms with Gasteiger partial charge in [-0.2, -0.15) is 0 Å². The first-order chi connectivity index (χ1) is 19.9. The Labute approximate surface area is 257 Å². The van der Waals surface area contributed by atoms with Gasteiger partial charge in [0.2, 0.25) is 17.7 Å². The van der Waals surface area contributed by atoms with Crippen molar-refractivity contribution in [2.24, 2.45) is 5.41 Å². The van der Waals surface area contributed by atoms with E-state index in [0.717, 1.165) is 49.8 Å². The van der Waals surface area contributed by atoms with Crippen LogP contribution in [0.5, 0.6) is 0 Å². The fourth-order valence-corrected chi connectivity index (χ4v) is 9.46. The van der Waals surface area contributed by atoms with Gasteiger partial charge in [0.25, 0.3) is 0 Å². The van der Waals surface area contributed by atoms with Crippen LogP contribution in [0.2, 0.25) is 0 Å². The fraction of sp³-hybridized carbons (Fsp3) is 0.677. The van der Waals surface area contributed by atoms with Crippen LogP contribution in [0, 0.1) is 5.41 Å². The molecule has 1 aliphatic carbocycles. The SMILES string of the molecule is C[C@@H](C(=O)N[C@H]1CCS[C@H]2CC3(CCCC3)[C@@H](C(=O)NC3CCSc4ccccc43)N2C1=O)N(C)C(=O)OC(C)(C)C. The Bertz CT molecular complexity index is 1210. The van der Waals surface area contributed by atoms with Crippen LogP contribution in [0.25, 0.3) is 0 Å². The molecule has 230 valence electrons. The normalized spacial score (nSPS) is 27.5. The molecule has 1 aromatic rings. The third-order valence-corrected chi connectivity index (χ3v) is 11.5. The van der Waals surface area contributed by atoms with E-state index < -0.39 is 35.7 Å². The summed E-state index contributed by atoms with van der Waals surface area (Å²) in [5, 5.41) is 6.19. The maximum absolute atomic E-state index is 14.2. The average Bonchev–Trinajstić information content (AvgIpc) is 3.50. The lowest BCUT2D eigenvalue weighted by atomic mass is 9.78. The van der Waals surface area contributed by atoms with E-state index in [1.54, 1.807) is 39.5 Å². The summed E-state index contributed by atoms with van der Waals surface area (Å²) in [5.74, 6) is 0.936. The molecule has 2 N–H and O–H groups in total. The van der Waals surface area contributed by atoms with Gasteiger partial charge in [0.15, 0.2) is 0 Å². The number of carbonyl (C=O) groups is 4. The van der Waals surface area contributed by atoms with Crippen LogP contribution in [0.15, 0.2) is 29.2 Å². The summed E-state index contributed by atoms with van der Waals surface area (Å²) < 4.78 is 5.42. The zero-order valence-corrected chi connectivity index (χ0v) is 26.9. The summed E-state index contributed by atoms with van der Waals surface area (Å²) in [6.45, 7) is 6.94. The molecule has 5 atom stereocenters. The zero-order valence-electron chi connectivity index (χ0n) is 25.3. The monoisotopic (exact) mass is 616 g/mol. The van der Waals surface area contributed by atoms with Gasteiger partial charge >= 0.3 is 6.09 Å². The molecule has 4 amide bonds. The van der Waals surface area contributed by atoms with Gasteiger partial charge in [-0.15, -0.1) is 23.5 Å². The zero-order chi connectivity index (χ0) is 30.2. The minimum Gasteiger partial charge on any atom is -0.444 e. The number of carbonyl (C=O) groups excluding carboxylic acids is 4. The second kappa shape index (κ2) is 12.3. The molecule has 11 heteroatoms. The van der Waals surface area contributed by atoms with Crippen molar-refractivity contribution in [3.63, 3.8) is 0 Å². The van der Waals surface area contributed by atoms with Crippen molar-refractivity contribution in [2.75, 3.05) is 18.6 Å². The molecule has 3 aliphatic heterocycles. The van der Waals surface area contributed by atoms with Crippen LogP contribution in [0.1, 0.15) is 84.2 Å². The lowest BCUT2D eigenvalue weighted by Gasteiger charge is -2.37. The number of nitrogens with one attached hydrogen (secondary N) is 2. The minimum atomic E-state index is -0.831. The molecule has 9 nitrogen and oxygen atoms in total. The summed E-state index contributed by atoms with van der Waals surface area (Å²) in [7, 11) is 1.52. The number of hydrogen-bond acceptors (Lipinski definition) is 7. The molecule has 1 unspecified atom stereocenters. The van der Waals surface area contributed by atoms with Gasteiger partial charge in [-0.05, 0) is 77.2 Å². The van der Waals surface area contributed by atoms with Crippen molar-refractivity contribution in [3.8, 4) is 0 Å². The number of ether oxygens (including phenoxy) is 1. The number of benzene rings is 1. The number of rotatable bonds is 5. The Morgan fingerprint density at radius 3 is 2.48 bits per heavy atom. The number of thioether (sulfide) groups is 2. The van der Waals surface area contributed by atoms with Crippen molar-refractivity contribution in [2.45, 2.75) is 113 Å². The Morgan fingerprint density at radius 1 is 1.07 bits per heavy atom. The van der Waals surface area contributed by atoms with E-state index in [1.165, 1.54) is 16.8 Å². The first kappa shape index (κ1) is 31.0. The molecule has 0 aromatic heterocycles. The third-order valence-electron chi connectivity index (χ3n) is 9.10. The van der Waals surface area contributed by atoms with E-state index >= 15 is 0 Å².